The summed E-state index contributed by atoms with van der Waals surface area (Å²) >= 11 is 0. The maximum atomic E-state index is 13.0. The third kappa shape index (κ3) is 4.98. The quantitative estimate of drug-likeness (QED) is 0.447. The molecule has 31 heavy (non-hydrogen) atoms. The smallest absolute Gasteiger partial charge is 0.251 e. The monoisotopic (exact) mass is 408 g/mol. The number of aromatic hydroxyl groups is 1. The predicted molar refractivity (Wildman–Crippen MR) is 124 cm³/mol. The molecule has 0 saturated heterocycles. The first-order chi connectivity index (χ1) is 15.0. The Morgan fingerprint density at radius 1 is 0.839 bits per heavy atom. The summed E-state index contributed by atoms with van der Waals surface area (Å²) in [5.74, 6) is 0.0343. The number of hydrogen-bond donors (Lipinski definition) is 2. The summed E-state index contributed by atoms with van der Waals surface area (Å²) in [6.07, 6.45) is 1.77. The number of benzene rings is 3. The van der Waals surface area contributed by atoms with E-state index >= 15 is 0 Å². The number of carbonyl (C=O) groups excluding carboxylic acids is 1. The van der Waals surface area contributed by atoms with Gasteiger partial charge in [0.25, 0.3) is 5.91 Å². The van der Waals surface area contributed by atoms with E-state index in [1.165, 1.54) is 5.56 Å². The lowest BCUT2D eigenvalue weighted by Gasteiger charge is -2.12. The van der Waals surface area contributed by atoms with E-state index in [9.17, 15) is 9.90 Å². The van der Waals surface area contributed by atoms with Crippen LogP contribution in [-0.4, -0.2) is 16.0 Å². The van der Waals surface area contributed by atoms with Crippen LogP contribution >= 0.6 is 0 Å². The van der Waals surface area contributed by atoms with E-state index in [0.29, 0.717) is 12.1 Å². The number of amides is 1. The molecular weight excluding hydrogens is 384 g/mol. The van der Waals surface area contributed by atoms with Gasteiger partial charge in [0.2, 0.25) is 0 Å². The van der Waals surface area contributed by atoms with E-state index in [1.807, 2.05) is 50.2 Å². The van der Waals surface area contributed by atoms with Crippen LogP contribution in [0, 0.1) is 13.8 Å². The molecule has 0 aliphatic heterocycles. The van der Waals surface area contributed by atoms with Crippen molar-refractivity contribution < 1.29 is 9.90 Å². The van der Waals surface area contributed by atoms with E-state index in [0.717, 1.165) is 33.5 Å². The molecule has 2 N–H and O–H groups in total. The zero-order chi connectivity index (χ0) is 21.8. The van der Waals surface area contributed by atoms with Crippen LogP contribution in [-0.2, 0) is 6.54 Å². The summed E-state index contributed by atoms with van der Waals surface area (Å²) in [5, 5.41) is 12.9. The molecule has 4 rings (SSSR count). The minimum Gasteiger partial charge on any atom is -0.508 e. The van der Waals surface area contributed by atoms with Gasteiger partial charge in [0, 0.05) is 24.0 Å². The Morgan fingerprint density at radius 3 is 2.26 bits per heavy atom. The molecule has 1 heterocycles. The van der Waals surface area contributed by atoms with E-state index in [2.05, 4.69) is 34.6 Å². The van der Waals surface area contributed by atoms with Gasteiger partial charge in [0.1, 0.15) is 5.75 Å². The van der Waals surface area contributed by atoms with Crippen molar-refractivity contribution >= 4 is 5.91 Å². The van der Waals surface area contributed by atoms with Crippen molar-refractivity contribution in [3.63, 3.8) is 0 Å². The van der Waals surface area contributed by atoms with Crippen molar-refractivity contribution in [1.82, 2.24) is 10.3 Å². The number of phenolic OH excluding ortho intramolecular Hbond substituents is 1. The van der Waals surface area contributed by atoms with Crippen LogP contribution in [0.1, 0.15) is 27.2 Å². The second kappa shape index (κ2) is 8.84. The summed E-state index contributed by atoms with van der Waals surface area (Å²) in [6, 6.07) is 25.0. The lowest BCUT2D eigenvalue weighted by molar-refractivity contribution is 0.0951. The third-order valence-corrected chi connectivity index (χ3v) is 5.19. The molecule has 0 fully saturated rings. The topological polar surface area (TPSA) is 62.2 Å². The zero-order valence-corrected chi connectivity index (χ0v) is 17.6. The Bertz CT molecular complexity index is 1210. The molecule has 0 saturated carbocycles. The lowest BCUT2D eigenvalue weighted by atomic mass is 9.95. The minimum atomic E-state index is -0.157. The Morgan fingerprint density at radius 2 is 1.58 bits per heavy atom. The first kappa shape index (κ1) is 20.4. The van der Waals surface area contributed by atoms with Gasteiger partial charge < -0.3 is 10.4 Å². The number of nitrogens with zero attached hydrogens (tertiary/aromatic N) is 1. The first-order valence-electron chi connectivity index (χ1n) is 10.2. The van der Waals surface area contributed by atoms with E-state index < -0.39 is 0 Å². The van der Waals surface area contributed by atoms with Gasteiger partial charge in [-0.15, -0.1) is 0 Å². The minimum absolute atomic E-state index is 0.157. The van der Waals surface area contributed by atoms with Crippen molar-refractivity contribution in [3.8, 4) is 28.0 Å². The molecule has 3 aromatic carbocycles. The Hall–Kier alpha value is -3.92. The third-order valence-electron chi connectivity index (χ3n) is 5.19. The van der Waals surface area contributed by atoms with Crippen LogP contribution in [0.5, 0.6) is 5.75 Å². The fourth-order valence-electron chi connectivity index (χ4n) is 3.41. The molecule has 0 unspecified atom stereocenters. The predicted octanol–water partition coefficient (Wildman–Crippen LogP) is 5.67. The molecule has 0 radical (unpaired) electrons. The highest BCUT2D eigenvalue weighted by Gasteiger charge is 2.12. The van der Waals surface area contributed by atoms with Crippen molar-refractivity contribution in [2.45, 2.75) is 20.4 Å². The van der Waals surface area contributed by atoms with Crippen LogP contribution in [0.15, 0.2) is 85.1 Å². The van der Waals surface area contributed by atoms with Crippen LogP contribution < -0.4 is 5.32 Å². The summed E-state index contributed by atoms with van der Waals surface area (Å²) in [7, 11) is 0. The summed E-state index contributed by atoms with van der Waals surface area (Å²) in [6.45, 7) is 4.38. The molecule has 0 atom stereocenters. The summed E-state index contributed by atoms with van der Waals surface area (Å²) < 4.78 is 0. The number of pyridine rings is 1. The molecule has 0 spiro atoms. The van der Waals surface area contributed by atoms with Gasteiger partial charge in [0.15, 0.2) is 0 Å². The van der Waals surface area contributed by atoms with Gasteiger partial charge in [-0.1, -0.05) is 48.0 Å². The molecule has 1 aromatic heterocycles. The average Bonchev–Trinajstić information content (AvgIpc) is 2.78. The number of aryl methyl sites for hydroxylation is 2. The van der Waals surface area contributed by atoms with Crippen LogP contribution in [0.3, 0.4) is 0 Å². The largest absolute Gasteiger partial charge is 0.508 e. The molecule has 0 aliphatic carbocycles. The van der Waals surface area contributed by atoms with Crippen molar-refractivity contribution in [2.75, 3.05) is 0 Å². The highest BCUT2D eigenvalue weighted by atomic mass is 16.3. The van der Waals surface area contributed by atoms with Gasteiger partial charge in [-0.2, -0.15) is 0 Å². The Labute approximate surface area is 182 Å². The Kier molecular flexibility index (Phi) is 5.80. The molecule has 0 bridgehead atoms. The number of aromatic nitrogens is 1. The van der Waals surface area contributed by atoms with Gasteiger partial charge in [-0.05, 0) is 78.1 Å². The fraction of sp³-hybridized carbons (Fsp3) is 0.111. The maximum Gasteiger partial charge on any atom is 0.251 e. The highest BCUT2D eigenvalue weighted by Crippen LogP contribution is 2.30. The average molecular weight is 409 g/mol. The number of phenols is 1. The van der Waals surface area contributed by atoms with Gasteiger partial charge >= 0.3 is 0 Å². The van der Waals surface area contributed by atoms with E-state index in [-0.39, 0.29) is 11.7 Å². The van der Waals surface area contributed by atoms with Gasteiger partial charge in [-0.3, -0.25) is 9.78 Å². The molecule has 4 heteroatoms. The zero-order valence-electron chi connectivity index (χ0n) is 17.6. The second-order valence-corrected chi connectivity index (χ2v) is 7.71. The number of carbonyl (C=O) groups is 1. The summed E-state index contributed by atoms with van der Waals surface area (Å²) in [5.41, 5.74) is 7.33. The van der Waals surface area contributed by atoms with Crippen molar-refractivity contribution in [2.24, 2.45) is 0 Å². The Balaban J connectivity index is 1.69. The van der Waals surface area contributed by atoms with Crippen LogP contribution in [0.2, 0.25) is 0 Å². The highest BCUT2D eigenvalue weighted by molar-refractivity contribution is 5.97. The lowest BCUT2D eigenvalue weighted by Crippen LogP contribution is -2.23. The van der Waals surface area contributed by atoms with Crippen molar-refractivity contribution in [1.29, 1.82) is 0 Å². The van der Waals surface area contributed by atoms with Gasteiger partial charge in [-0.25, -0.2) is 0 Å². The van der Waals surface area contributed by atoms with Crippen LogP contribution in [0.25, 0.3) is 22.3 Å². The van der Waals surface area contributed by atoms with E-state index in [1.54, 1.807) is 24.4 Å². The first-order valence-corrected chi connectivity index (χ1v) is 10.2. The molecule has 1 amide bonds. The van der Waals surface area contributed by atoms with Crippen LogP contribution in [0.4, 0.5) is 0 Å². The number of hydrogen-bond acceptors (Lipinski definition) is 3. The standard InChI is InChI=1S/C27H24N2O2/c1-18-6-10-21(11-7-18)23-12-24(22-4-3-5-26(30)15-22)14-25(13-23)27(31)29-17-20-9-8-19(2)28-16-20/h3-16,30H,17H2,1-2H3,(H,29,31). The molecule has 4 nitrogen and oxygen atoms in total. The molecule has 154 valence electrons. The number of rotatable bonds is 5. The maximum absolute atomic E-state index is 13.0. The fourth-order valence-corrected chi connectivity index (χ4v) is 3.41. The molecule has 0 aliphatic rings. The summed E-state index contributed by atoms with van der Waals surface area (Å²) in [4.78, 5) is 17.3. The van der Waals surface area contributed by atoms with Gasteiger partial charge in [0.05, 0.1) is 0 Å². The number of nitrogens with one attached hydrogen (secondary N) is 1. The SMILES string of the molecule is Cc1ccc(-c2cc(C(=O)NCc3ccc(C)nc3)cc(-c3cccc(O)c3)c2)cc1. The second-order valence-electron chi connectivity index (χ2n) is 7.71. The van der Waals surface area contributed by atoms with Crippen molar-refractivity contribution in [3.05, 3.63) is 107 Å². The molecular formula is C27H24N2O2. The normalized spacial score (nSPS) is 10.6. The van der Waals surface area contributed by atoms with E-state index in [4.69, 9.17) is 0 Å². The molecule has 4 aromatic rings.